The minimum Gasteiger partial charge on any atom is -0.392 e. The SMILES string of the molecule is CCOC(OCC)c1nc(-c2ccccc2)ccc1CO. The Kier molecular flexibility index (Phi) is 5.87. The van der Waals surface area contributed by atoms with Crippen LogP contribution in [-0.2, 0) is 16.1 Å². The first-order valence-corrected chi connectivity index (χ1v) is 7.19. The van der Waals surface area contributed by atoms with Gasteiger partial charge in [0.05, 0.1) is 12.3 Å². The average molecular weight is 287 g/mol. The topological polar surface area (TPSA) is 51.6 Å². The second-order valence-corrected chi connectivity index (χ2v) is 4.51. The van der Waals surface area contributed by atoms with Gasteiger partial charge in [-0.2, -0.15) is 0 Å². The van der Waals surface area contributed by atoms with E-state index in [0.29, 0.717) is 18.9 Å². The maximum Gasteiger partial charge on any atom is 0.201 e. The lowest BCUT2D eigenvalue weighted by Crippen LogP contribution is -2.13. The molecule has 0 aliphatic heterocycles. The van der Waals surface area contributed by atoms with Crippen molar-refractivity contribution in [1.82, 2.24) is 4.98 Å². The number of hydrogen-bond donors (Lipinski definition) is 1. The Balaban J connectivity index is 2.42. The highest BCUT2D eigenvalue weighted by molar-refractivity contribution is 5.59. The average Bonchev–Trinajstić information content (AvgIpc) is 2.55. The molecule has 21 heavy (non-hydrogen) atoms. The van der Waals surface area contributed by atoms with Crippen molar-refractivity contribution in [2.45, 2.75) is 26.7 Å². The highest BCUT2D eigenvalue weighted by Gasteiger charge is 2.18. The number of aliphatic hydroxyl groups excluding tert-OH is 1. The van der Waals surface area contributed by atoms with Crippen LogP contribution < -0.4 is 0 Å². The van der Waals surface area contributed by atoms with Gasteiger partial charge in [-0.3, -0.25) is 0 Å². The second kappa shape index (κ2) is 7.88. The standard InChI is InChI=1S/C17H21NO3/c1-3-20-17(21-4-2)16-14(12-19)10-11-15(18-16)13-8-6-5-7-9-13/h5-11,17,19H,3-4,12H2,1-2H3. The van der Waals surface area contributed by atoms with Crippen LogP contribution in [0.2, 0.25) is 0 Å². The van der Waals surface area contributed by atoms with Crippen molar-refractivity contribution in [3.05, 3.63) is 53.7 Å². The number of aromatic nitrogens is 1. The number of nitrogens with zero attached hydrogens (tertiary/aromatic N) is 1. The van der Waals surface area contributed by atoms with Gasteiger partial charge >= 0.3 is 0 Å². The summed E-state index contributed by atoms with van der Waals surface area (Å²) in [4.78, 5) is 4.64. The first-order chi connectivity index (χ1) is 10.3. The zero-order chi connectivity index (χ0) is 15.1. The molecule has 4 nitrogen and oxygen atoms in total. The molecule has 1 aromatic heterocycles. The zero-order valence-corrected chi connectivity index (χ0v) is 12.5. The maximum absolute atomic E-state index is 9.51. The van der Waals surface area contributed by atoms with E-state index < -0.39 is 6.29 Å². The fourth-order valence-electron chi connectivity index (χ4n) is 2.12. The van der Waals surface area contributed by atoms with Crippen LogP contribution in [0, 0.1) is 0 Å². The van der Waals surface area contributed by atoms with Crippen molar-refractivity contribution in [3.8, 4) is 11.3 Å². The summed E-state index contributed by atoms with van der Waals surface area (Å²) in [6.45, 7) is 4.77. The number of hydrogen-bond acceptors (Lipinski definition) is 4. The van der Waals surface area contributed by atoms with Crippen molar-refractivity contribution in [2.24, 2.45) is 0 Å². The molecule has 0 saturated carbocycles. The Morgan fingerprint density at radius 3 is 2.24 bits per heavy atom. The van der Waals surface area contributed by atoms with Crippen LogP contribution in [0.25, 0.3) is 11.3 Å². The van der Waals surface area contributed by atoms with Gasteiger partial charge in [-0.05, 0) is 19.9 Å². The minimum absolute atomic E-state index is 0.0892. The van der Waals surface area contributed by atoms with Crippen molar-refractivity contribution in [3.63, 3.8) is 0 Å². The van der Waals surface area contributed by atoms with Gasteiger partial charge < -0.3 is 14.6 Å². The van der Waals surface area contributed by atoms with Crippen LogP contribution in [0.1, 0.15) is 31.4 Å². The number of aliphatic hydroxyl groups is 1. The summed E-state index contributed by atoms with van der Waals surface area (Å²) in [5.41, 5.74) is 3.23. The third-order valence-corrected chi connectivity index (χ3v) is 3.11. The quantitative estimate of drug-likeness (QED) is 0.794. The Morgan fingerprint density at radius 1 is 1.00 bits per heavy atom. The third-order valence-electron chi connectivity index (χ3n) is 3.11. The largest absolute Gasteiger partial charge is 0.392 e. The number of rotatable bonds is 7. The van der Waals surface area contributed by atoms with E-state index in [4.69, 9.17) is 9.47 Å². The van der Waals surface area contributed by atoms with Crippen molar-refractivity contribution in [2.75, 3.05) is 13.2 Å². The summed E-state index contributed by atoms with van der Waals surface area (Å²) in [7, 11) is 0. The van der Waals surface area contributed by atoms with E-state index in [1.54, 1.807) is 0 Å². The van der Waals surface area contributed by atoms with Crippen molar-refractivity contribution in [1.29, 1.82) is 0 Å². The molecule has 0 radical (unpaired) electrons. The molecule has 0 fully saturated rings. The van der Waals surface area contributed by atoms with Crippen LogP contribution in [-0.4, -0.2) is 23.3 Å². The lowest BCUT2D eigenvalue weighted by molar-refractivity contribution is -0.143. The zero-order valence-electron chi connectivity index (χ0n) is 12.5. The van der Waals surface area contributed by atoms with E-state index in [9.17, 15) is 5.11 Å². The molecule has 0 atom stereocenters. The Labute approximate surface area is 125 Å². The fourth-order valence-corrected chi connectivity index (χ4v) is 2.12. The molecule has 0 unspecified atom stereocenters. The van der Waals surface area contributed by atoms with E-state index >= 15 is 0 Å². The van der Waals surface area contributed by atoms with Gasteiger partial charge in [0.1, 0.15) is 5.69 Å². The predicted molar refractivity (Wildman–Crippen MR) is 81.6 cm³/mol. The lowest BCUT2D eigenvalue weighted by Gasteiger charge is -2.19. The van der Waals surface area contributed by atoms with Crippen LogP contribution in [0.3, 0.4) is 0 Å². The van der Waals surface area contributed by atoms with E-state index in [-0.39, 0.29) is 6.61 Å². The molecule has 0 spiro atoms. The van der Waals surface area contributed by atoms with Crippen molar-refractivity contribution >= 4 is 0 Å². The highest BCUT2D eigenvalue weighted by atomic mass is 16.7. The molecule has 4 heteroatoms. The number of ether oxygens (including phenoxy) is 2. The molecule has 0 aliphatic rings. The van der Waals surface area contributed by atoms with Crippen LogP contribution in [0.5, 0.6) is 0 Å². The minimum atomic E-state index is -0.550. The van der Waals surface area contributed by atoms with Crippen LogP contribution in [0.15, 0.2) is 42.5 Å². The molecule has 0 amide bonds. The molecular weight excluding hydrogens is 266 g/mol. The molecule has 1 heterocycles. The molecule has 112 valence electrons. The molecule has 0 aliphatic carbocycles. The van der Waals surface area contributed by atoms with Gasteiger partial charge in [-0.25, -0.2) is 4.98 Å². The summed E-state index contributed by atoms with van der Waals surface area (Å²) in [6, 6.07) is 13.7. The summed E-state index contributed by atoms with van der Waals surface area (Å²) >= 11 is 0. The van der Waals surface area contributed by atoms with Gasteiger partial charge in [0.25, 0.3) is 0 Å². The van der Waals surface area contributed by atoms with Gasteiger partial charge in [0, 0.05) is 24.3 Å². The van der Waals surface area contributed by atoms with E-state index in [2.05, 4.69) is 4.98 Å². The summed E-state index contributed by atoms with van der Waals surface area (Å²) in [6.07, 6.45) is -0.550. The molecule has 0 saturated heterocycles. The van der Waals surface area contributed by atoms with E-state index in [0.717, 1.165) is 16.8 Å². The molecule has 1 aromatic carbocycles. The van der Waals surface area contributed by atoms with Gasteiger partial charge in [-0.15, -0.1) is 0 Å². The van der Waals surface area contributed by atoms with Gasteiger partial charge in [0.15, 0.2) is 0 Å². The molecule has 1 N–H and O–H groups in total. The van der Waals surface area contributed by atoms with Crippen LogP contribution >= 0.6 is 0 Å². The third kappa shape index (κ3) is 3.88. The first-order valence-electron chi connectivity index (χ1n) is 7.19. The van der Waals surface area contributed by atoms with E-state index in [1.807, 2.05) is 56.3 Å². The smallest absolute Gasteiger partial charge is 0.201 e. The number of pyridine rings is 1. The Bertz CT molecular complexity index is 551. The summed E-state index contributed by atoms with van der Waals surface area (Å²) in [5, 5.41) is 9.51. The predicted octanol–water partition coefficient (Wildman–Crippen LogP) is 3.31. The highest BCUT2D eigenvalue weighted by Crippen LogP contribution is 2.25. The fraction of sp³-hybridized carbons (Fsp3) is 0.353. The van der Waals surface area contributed by atoms with Gasteiger partial charge in [-0.1, -0.05) is 36.4 Å². The summed E-state index contributed by atoms with van der Waals surface area (Å²) < 4.78 is 11.2. The van der Waals surface area contributed by atoms with E-state index in [1.165, 1.54) is 0 Å². The van der Waals surface area contributed by atoms with Crippen molar-refractivity contribution < 1.29 is 14.6 Å². The first kappa shape index (κ1) is 15.6. The van der Waals surface area contributed by atoms with Crippen LogP contribution in [0.4, 0.5) is 0 Å². The maximum atomic E-state index is 9.51. The second-order valence-electron chi connectivity index (χ2n) is 4.51. The monoisotopic (exact) mass is 287 g/mol. The lowest BCUT2D eigenvalue weighted by atomic mass is 10.1. The van der Waals surface area contributed by atoms with Gasteiger partial charge in [0.2, 0.25) is 6.29 Å². The Hall–Kier alpha value is -1.75. The molecule has 2 aromatic rings. The normalized spacial score (nSPS) is 11.0. The Morgan fingerprint density at radius 2 is 1.67 bits per heavy atom. The molecule has 0 bridgehead atoms. The molecular formula is C17H21NO3. The molecule has 2 rings (SSSR count). The number of benzene rings is 1. The summed E-state index contributed by atoms with van der Waals surface area (Å²) in [5.74, 6) is 0.